The van der Waals surface area contributed by atoms with Gasteiger partial charge in [0.2, 0.25) is 17.7 Å². The van der Waals surface area contributed by atoms with E-state index in [1.165, 1.54) is 6.33 Å². The fourth-order valence-electron chi connectivity index (χ4n) is 6.30. The highest BCUT2D eigenvalue weighted by molar-refractivity contribution is 5.95. The van der Waals surface area contributed by atoms with Crippen molar-refractivity contribution in [3.05, 3.63) is 131 Å². The first-order valence-electron chi connectivity index (χ1n) is 15.1. The number of hydrogen-bond acceptors (Lipinski definition) is 8. The Balaban J connectivity index is 1.37. The number of nitrogens with zero attached hydrogens (tertiary/aromatic N) is 2. The molecule has 3 amide bonds. The van der Waals surface area contributed by atoms with Crippen LogP contribution in [0.3, 0.4) is 0 Å². The van der Waals surface area contributed by atoms with Crippen molar-refractivity contribution in [1.29, 1.82) is 0 Å². The second-order valence-electron chi connectivity index (χ2n) is 11.5. The van der Waals surface area contributed by atoms with Crippen LogP contribution < -0.4 is 33.2 Å². The average molecular weight is 633 g/mol. The molecule has 2 aromatic carbocycles. The van der Waals surface area contributed by atoms with E-state index in [0.29, 0.717) is 23.5 Å². The number of nitrogens with one attached hydrogen (secondary N) is 5. The number of carbonyl (C=O) groups is 3. The summed E-state index contributed by atoms with van der Waals surface area (Å²) < 4.78 is 0. The number of rotatable bonds is 11. The molecule has 3 aliphatic rings. The minimum absolute atomic E-state index is 0.153. The maximum Gasteiger partial charge on any atom is 0.241 e. The summed E-state index contributed by atoms with van der Waals surface area (Å²) in [6, 6.07) is 9.96. The van der Waals surface area contributed by atoms with Crippen molar-refractivity contribution < 1.29 is 14.4 Å². The first kappa shape index (κ1) is 31.4. The lowest BCUT2D eigenvalue weighted by atomic mass is 9.59. The van der Waals surface area contributed by atoms with Gasteiger partial charge in [-0.3, -0.25) is 14.4 Å². The summed E-state index contributed by atoms with van der Waals surface area (Å²) in [5, 5.41) is 8.72. The molecule has 13 heteroatoms. The molecule has 11 N–H and O–H groups in total. The van der Waals surface area contributed by atoms with Crippen LogP contribution in [0.2, 0.25) is 0 Å². The predicted octanol–water partition coefficient (Wildman–Crippen LogP) is 1.81. The number of imidazole rings is 2. The van der Waals surface area contributed by atoms with Crippen LogP contribution in [0.5, 0.6) is 0 Å². The smallest absolute Gasteiger partial charge is 0.241 e. The number of anilines is 2. The maximum atomic E-state index is 13.2. The van der Waals surface area contributed by atoms with Gasteiger partial charge in [0.25, 0.3) is 0 Å². The van der Waals surface area contributed by atoms with Gasteiger partial charge in [-0.05, 0) is 57.7 Å². The Morgan fingerprint density at radius 3 is 2.19 bits per heavy atom. The summed E-state index contributed by atoms with van der Waals surface area (Å²) >= 11 is 0. The Hall–Kier alpha value is -5.63. The van der Waals surface area contributed by atoms with Crippen LogP contribution in [0.4, 0.5) is 11.4 Å². The van der Waals surface area contributed by atoms with Gasteiger partial charge in [0.15, 0.2) is 0 Å². The minimum atomic E-state index is -0.826. The van der Waals surface area contributed by atoms with E-state index in [1.54, 1.807) is 31.0 Å². The van der Waals surface area contributed by atoms with Crippen molar-refractivity contribution in [1.82, 2.24) is 25.3 Å². The summed E-state index contributed by atoms with van der Waals surface area (Å²) in [5.74, 6) is -1.60. The van der Waals surface area contributed by atoms with Crippen molar-refractivity contribution in [3.63, 3.8) is 0 Å². The third kappa shape index (κ3) is 6.40. The first-order valence-corrected chi connectivity index (χ1v) is 15.1. The first-order chi connectivity index (χ1) is 22.8. The fourth-order valence-corrected chi connectivity index (χ4v) is 6.30. The van der Waals surface area contributed by atoms with Gasteiger partial charge in [0.1, 0.15) is 0 Å². The second kappa shape index (κ2) is 13.4. The molecule has 2 bridgehead atoms. The molecular weight excluding hydrogens is 596 g/mol. The van der Waals surface area contributed by atoms with Gasteiger partial charge < -0.3 is 43.1 Å². The standard InChI is InChI=1S/C34H36N10O3/c1-2-3-22-27(15-40-33(46)28(36)10-20-13-38-16-41-20)32-25-8-18(43-30(45)12-35)4-6-23(25)31(22)24-7-5-19(9-26(24)32)44-34(47)29(37)11-21-14-39-17-42-21/h2-9,13-17,28-29,31-32H,1,10-12,35-37H2,(H,38,41)(H,39,42)(H,40,46)(H,43,45)(H,44,47)/b22-3+,27-15+/t28-,29-,31?,32?/m0/s1. The third-order valence-corrected chi connectivity index (χ3v) is 8.43. The van der Waals surface area contributed by atoms with Gasteiger partial charge >= 0.3 is 0 Å². The number of benzene rings is 2. The van der Waals surface area contributed by atoms with E-state index in [9.17, 15) is 14.4 Å². The van der Waals surface area contributed by atoms with Crippen LogP contribution in [0, 0.1) is 0 Å². The van der Waals surface area contributed by atoms with Crippen LogP contribution in [0.25, 0.3) is 0 Å². The van der Waals surface area contributed by atoms with E-state index in [1.807, 2.05) is 42.5 Å². The van der Waals surface area contributed by atoms with E-state index in [-0.39, 0.29) is 42.5 Å². The van der Waals surface area contributed by atoms with Gasteiger partial charge in [-0.2, -0.15) is 0 Å². The molecule has 4 atom stereocenters. The molecule has 0 fully saturated rings. The van der Waals surface area contributed by atoms with Gasteiger partial charge in [-0.15, -0.1) is 0 Å². The zero-order valence-corrected chi connectivity index (χ0v) is 25.5. The zero-order valence-electron chi connectivity index (χ0n) is 25.5. The highest BCUT2D eigenvalue weighted by atomic mass is 16.2. The lowest BCUT2D eigenvalue weighted by molar-refractivity contribution is -0.121. The topological polar surface area (TPSA) is 223 Å². The molecule has 2 heterocycles. The largest absolute Gasteiger partial charge is 0.351 e. The van der Waals surface area contributed by atoms with Crippen LogP contribution in [-0.4, -0.2) is 56.3 Å². The monoisotopic (exact) mass is 632 g/mol. The van der Waals surface area contributed by atoms with Gasteiger partial charge in [-0.25, -0.2) is 9.97 Å². The van der Waals surface area contributed by atoms with E-state index in [0.717, 1.165) is 39.1 Å². The number of allylic oxidation sites excluding steroid dienone is 4. The molecule has 0 spiro atoms. The SMILES string of the molecule is C=C/C=C1\C(=C/NC(=O)[C@@H](N)Cc2c[nH]cn2)C2c3cc(NC(=O)CN)ccc3C1c1ccc(NC(=O)[C@@H](N)Cc3cnc[nH]3)cc12. The van der Waals surface area contributed by atoms with Crippen LogP contribution in [-0.2, 0) is 27.2 Å². The average Bonchev–Trinajstić information content (AvgIpc) is 3.78. The number of hydrogen-bond donors (Lipinski definition) is 8. The van der Waals surface area contributed by atoms with E-state index in [4.69, 9.17) is 17.2 Å². The summed E-state index contributed by atoms with van der Waals surface area (Å²) in [5.41, 5.74) is 26.4. The van der Waals surface area contributed by atoms with Crippen LogP contribution in [0.1, 0.15) is 45.5 Å². The summed E-state index contributed by atoms with van der Waals surface area (Å²) in [4.78, 5) is 52.4. The molecular formula is C34H36N10O3. The Kier molecular flexibility index (Phi) is 8.93. The molecule has 240 valence electrons. The van der Waals surface area contributed by atoms with Crippen molar-refractivity contribution >= 4 is 29.1 Å². The number of H-pyrrole nitrogens is 2. The zero-order chi connectivity index (χ0) is 33.1. The van der Waals surface area contributed by atoms with Gasteiger partial charge in [0.05, 0.1) is 37.0 Å². The van der Waals surface area contributed by atoms with Crippen LogP contribution >= 0.6 is 0 Å². The molecule has 2 aromatic heterocycles. The van der Waals surface area contributed by atoms with E-state index in [2.05, 4.69) is 42.5 Å². The van der Waals surface area contributed by atoms with E-state index < -0.39 is 12.1 Å². The number of nitrogens with two attached hydrogens (primary N) is 3. The number of aromatic nitrogens is 4. The molecule has 47 heavy (non-hydrogen) atoms. The summed E-state index contributed by atoms with van der Waals surface area (Å²) in [6.45, 7) is 3.80. The molecule has 13 nitrogen and oxygen atoms in total. The van der Waals surface area contributed by atoms with Gasteiger partial charge in [0, 0.05) is 60.3 Å². The third-order valence-electron chi connectivity index (χ3n) is 8.43. The predicted molar refractivity (Wildman–Crippen MR) is 178 cm³/mol. The summed E-state index contributed by atoms with van der Waals surface area (Å²) in [7, 11) is 0. The number of carbonyl (C=O) groups excluding carboxylic acids is 3. The molecule has 0 aliphatic heterocycles. The molecule has 2 unspecified atom stereocenters. The minimum Gasteiger partial charge on any atom is -0.351 e. The lowest BCUT2D eigenvalue weighted by Crippen LogP contribution is -2.40. The van der Waals surface area contributed by atoms with Crippen molar-refractivity contribution in [2.45, 2.75) is 36.8 Å². The Morgan fingerprint density at radius 2 is 1.57 bits per heavy atom. The molecule has 0 saturated carbocycles. The fraction of sp³-hybridized carbons (Fsp3) is 0.206. The van der Waals surface area contributed by atoms with Crippen LogP contribution in [0.15, 0.2) is 97.5 Å². The highest BCUT2D eigenvalue weighted by Gasteiger charge is 2.44. The second-order valence-corrected chi connectivity index (χ2v) is 11.5. The lowest BCUT2D eigenvalue weighted by Gasteiger charge is -2.44. The molecule has 7 rings (SSSR count). The Bertz CT molecular complexity index is 1880. The van der Waals surface area contributed by atoms with E-state index >= 15 is 0 Å². The number of aromatic amines is 2. The normalized spacial score (nSPS) is 19.0. The Labute approximate surface area is 270 Å². The highest BCUT2D eigenvalue weighted by Crippen LogP contribution is 2.58. The molecule has 0 saturated heterocycles. The maximum absolute atomic E-state index is 13.2. The molecule has 4 aromatic rings. The number of fused-ring (bicyclic) bond motifs is 1. The van der Waals surface area contributed by atoms with Crippen molar-refractivity contribution in [2.75, 3.05) is 17.2 Å². The summed E-state index contributed by atoms with van der Waals surface area (Å²) in [6.07, 6.45) is 12.3. The molecule has 0 radical (unpaired) electrons. The van der Waals surface area contributed by atoms with Crippen molar-refractivity contribution in [3.8, 4) is 0 Å². The number of amides is 3. The van der Waals surface area contributed by atoms with Crippen molar-refractivity contribution in [2.24, 2.45) is 17.2 Å². The molecule has 3 aliphatic carbocycles. The quantitative estimate of drug-likeness (QED) is 0.121. The Morgan fingerprint density at radius 1 is 0.894 bits per heavy atom. The van der Waals surface area contributed by atoms with Gasteiger partial charge in [-0.1, -0.05) is 30.9 Å².